The predicted molar refractivity (Wildman–Crippen MR) is 85.9 cm³/mol. The number of nitrogens with two attached hydrogens (primary N) is 1. The van der Waals surface area contributed by atoms with Crippen molar-refractivity contribution in [1.82, 2.24) is 9.78 Å². The highest BCUT2D eigenvalue weighted by atomic mass is 32.1. The molecule has 0 aliphatic heterocycles. The van der Waals surface area contributed by atoms with Crippen LogP contribution in [-0.4, -0.2) is 14.8 Å². The molecule has 0 atom stereocenters. The van der Waals surface area contributed by atoms with Gasteiger partial charge in [0.15, 0.2) is 0 Å². The molecule has 0 fully saturated rings. The van der Waals surface area contributed by atoms with Crippen LogP contribution < -0.4 is 5.73 Å². The summed E-state index contributed by atoms with van der Waals surface area (Å²) in [5, 5.41) is 5.61. The lowest BCUT2D eigenvalue weighted by molar-refractivity contribution is 0.709. The molecule has 0 aliphatic carbocycles. The largest absolute Gasteiger partial charge is 0.389 e. The van der Waals surface area contributed by atoms with E-state index < -0.39 is 0 Å². The lowest BCUT2D eigenvalue weighted by atomic mass is 10.1. The number of benzene rings is 2. The monoisotopic (exact) mass is 281 g/mol. The van der Waals surface area contributed by atoms with Crippen LogP contribution >= 0.6 is 12.2 Å². The van der Waals surface area contributed by atoms with E-state index in [2.05, 4.69) is 30.2 Å². The summed E-state index contributed by atoms with van der Waals surface area (Å²) in [4.78, 5) is 0.434. The molecule has 2 N–H and O–H groups in total. The number of hydrogen-bond donors (Lipinski definition) is 1. The van der Waals surface area contributed by atoms with Crippen LogP contribution in [0.3, 0.4) is 0 Å². The summed E-state index contributed by atoms with van der Waals surface area (Å²) in [7, 11) is 0. The Morgan fingerprint density at radius 2 is 2.05 bits per heavy atom. The van der Waals surface area contributed by atoms with Gasteiger partial charge < -0.3 is 5.73 Å². The van der Waals surface area contributed by atoms with Gasteiger partial charge in [-0.15, -0.1) is 0 Å². The summed E-state index contributed by atoms with van der Waals surface area (Å²) in [5.41, 5.74) is 10.1. The Balaban J connectivity index is 1.97. The zero-order valence-corrected chi connectivity index (χ0v) is 12.0. The first-order valence-electron chi connectivity index (χ1n) is 6.45. The van der Waals surface area contributed by atoms with Crippen molar-refractivity contribution in [2.75, 3.05) is 0 Å². The maximum Gasteiger partial charge on any atom is 0.103 e. The van der Waals surface area contributed by atoms with Crippen LogP contribution in [0.5, 0.6) is 0 Å². The van der Waals surface area contributed by atoms with Gasteiger partial charge in [0.2, 0.25) is 0 Å². The van der Waals surface area contributed by atoms with Crippen LogP contribution in [-0.2, 0) is 6.54 Å². The molecule has 1 heterocycles. The number of thiocarbonyl (C=S) groups is 1. The van der Waals surface area contributed by atoms with Crippen LogP contribution in [0, 0.1) is 6.92 Å². The Hall–Kier alpha value is -2.20. The average molecular weight is 281 g/mol. The van der Waals surface area contributed by atoms with Gasteiger partial charge in [0.05, 0.1) is 18.3 Å². The highest BCUT2D eigenvalue weighted by Crippen LogP contribution is 2.17. The smallest absolute Gasteiger partial charge is 0.103 e. The molecule has 0 bridgehead atoms. The van der Waals surface area contributed by atoms with E-state index in [4.69, 9.17) is 18.0 Å². The van der Waals surface area contributed by atoms with Crippen molar-refractivity contribution in [3.8, 4) is 0 Å². The molecular formula is C16H15N3S. The number of hydrogen-bond acceptors (Lipinski definition) is 2. The number of rotatable bonds is 3. The third-order valence-electron chi connectivity index (χ3n) is 3.50. The summed E-state index contributed by atoms with van der Waals surface area (Å²) < 4.78 is 2.01. The standard InChI is InChI=1S/C16H15N3S/c1-11-8-12(16(17)20)6-7-14(11)10-19-15-5-3-2-4-13(15)9-18-19/h2-9H,10H2,1H3,(H2,17,20). The molecule has 2 aromatic carbocycles. The Morgan fingerprint density at radius 3 is 2.80 bits per heavy atom. The third-order valence-corrected chi connectivity index (χ3v) is 3.73. The van der Waals surface area contributed by atoms with E-state index in [0.29, 0.717) is 4.99 Å². The molecule has 0 unspecified atom stereocenters. The van der Waals surface area contributed by atoms with Gasteiger partial charge in [-0.1, -0.05) is 42.5 Å². The lowest BCUT2D eigenvalue weighted by Gasteiger charge is -2.09. The molecule has 3 aromatic rings. The molecule has 100 valence electrons. The van der Waals surface area contributed by atoms with Gasteiger partial charge in [0.25, 0.3) is 0 Å². The molecule has 0 spiro atoms. The number of para-hydroxylation sites is 1. The number of aromatic nitrogens is 2. The van der Waals surface area contributed by atoms with Crippen molar-refractivity contribution in [1.29, 1.82) is 0 Å². The maximum atomic E-state index is 5.66. The molecule has 3 rings (SSSR count). The van der Waals surface area contributed by atoms with Gasteiger partial charge in [-0.3, -0.25) is 4.68 Å². The molecule has 0 saturated heterocycles. The van der Waals surface area contributed by atoms with Crippen LogP contribution in [0.1, 0.15) is 16.7 Å². The van der Waals surface area contributed by atoms with E-state index in [1.165, 1.54) is 11.1 Å². The zero-order valence-electron chi connectivity index (χ0n) is 11.2. The predicted octanol–water partition coefficient (Wildman–Crippen LogP) is 3.03. The van der Waals surface area contributed by atoms with Gasteiger partial charge >= 0.3 is 0 Å². The third kappa shape index (κ3) is 2.30. The minimum atomic E-state index is 0.434. The van der Waals surface area contributed by atoms with E-state index in [-0.39, 0.29) is 0 Å². The maximum absolute atomic E-state index is 5.66. The quantitative estimate of drug-likeness (QED) is 0.750. The molecule has 0 aliphatic rings. The van der Waals surface area contributed by atoms with Gasteiger partial charge in [-0.25, -0.2) is 0 Å². The van der Waals surface area contributed by atoms with E-state index in [9.17, 15) is 0 Å². The second kappa shape index (κ2) is 5.06. The van der Waals surface area contributed by atoms with Crippen molar-refractivity contribution >= 4 is 28.1 Å². The van der Waals surface area contributed by atoms with E-state index in [0.717, 1.165) is 23.0 Å². The van der Waals surface area contributed by atoms with Crippen molar-refractivity contribution < 1.29 is 0 Å². The fourth-order valence-electron chi connectivity index (χ4n) is 2.34. The first-order chi connectivity index (χ1) is 9.65. The van der Waals surface area contributed by atoms with Crippen molar-refractivity contribution in [3.63, 3.8) is 0 Å². The normalized spacial score (nSPS) is 10.8. The van der Waals surface area contributed by atoms with Gasteiger partial charge in [0.1, 0.15) is 4.99 Å². The summed E-state index contributed by atoms with van der Waals surface area (Å²) in [5.74, 6) is 0. The van der Waals surface area contributed by atoms with E-state index >= 15 is 0 Å². The molecule has 0 amide bonds. The second-order valence-electron chi connectivity index (χ2n) is 4.87. The van der Waals surface area contributed by atoms with Gasteiger partial charge in [-0.05, 0) is 30.2 Å². The lowest BCUT2D eigenvalue weighted by Crippen LogP contribution is -2.10. The summed E-state index contributed by atoms with van der Waals surface area (Å²) >= 11 is 5.00. The highest BCUT2D eigenvalue weighted by molar-refractivity contribution is 7.80. The highest BCUT2D eigenvalue weighted by Gasteiger charge is 2.06. The number of fused-ring (bicyclic) bond motifs is 1. The Kier molecular flexibility index (Phi) is 3.24. The molecular weight excluding hydrogens is 266 g/mol. The first kappa shape index (κ1) is 12.8. The van der Waals surface area contributed by atoms with Crippen molar-refractivity contribution in [2.24, 2.45) is 5.73 Å². The Labute approximate surface area is 123 Å². The fourth-order valence-corrected chi connectivity index (χ4v) is 2.47. The minimum absolute atomic E-state index is 0.434. The van der Waals surface area contributed by atoms with Crippen LogP contribution in [0.2, 0.25) is 0 Å². The summed E-state index contributed by atoms with van der Waals surface area (Å²) in [6.45, 7) is 2.82. The molecule has 0 radical (unpaired) electrons. The number of aryl methyl sites for hydroxylation is 1. The molecule has 4 heteroatoms. The zero-order chi connectivity index (χ0) is 14.1. The van der Waals surface area contributed by atoms with Crippen molar-refractivity contribution in [2.45, 2.75) is 13.5 Å². The van der Waals surface area contributed by atoms with Gasteiger partial charge in [-0.2, -0.15) is 5.10 Å². The van der Waals surface area contributed by atoms with Crippen LogP contribution in [0.15, 0.2) is 48.7 Å². The Bertz CT molecular complexity index is 789. The topological polar surface area (TPSA) is 43.8 Å². The van der Waals surface area contributed by atoms with E-state index in [1.807, 2.05) is 35.1 Å². The first-order valence-corrected chi connectivity index (χ1v) is 6.86. The van der Waals surface area contributed by atoms with E-state index in [1.54, 1.807) is 0 Å². The average Bonchev–Trinajstić information content (AvgIpc) is 2.84. The van der Waals surface area contributed by atoms with Crippen LogP contribution in [0.25, 0.3) is 10.9 Å². The molecule has 20 heavy (non-hydrogen) atoms. The van der Waals surface area contributed by atoms with Gasteiger partial charge in [0, 0.05) is 10.9 Å². The second-order valence-corrected chi connectivity index (χ2v) is 5.31. The summed E-state index contributed by atoms with van der Waals surface area (Å²) in [6.07, 6.45) is 1.90. The van der Waals surface area contributed by atoms with Crippen LogP contribution in [0.4, 0.5) is 0 Å². The molecule has 1 aromatic heterocycles. The Morgan fingerprint density at radius 1 is 1.25 bits per heavy atom. The van der Waals surface area contributed by atoms with Crippen molar-refractivity contribution in [3.05, 3.63) is 65.4 Å². The fraction of sp³-hybridized carbons (Fsp3) is 0.125. The molecule has 3 nitrogen and oxygen atoms in total. The SMILES string of the molecule is Cc1cc(C(N)=S)ccc1Cn1ncc2ccccc21. The number of nitrogens with zero attached hydrogens (tertiary/aromatic N) is 2. The molecule has 0 saturated carbocycles. The minimum Gasteiger partial charge on any atom is -0.389 e. The summed E-state index contributed by atoms with van der Waals surface area (Å²) in [6, 6.07) is 14.3.